The van der Waals surface area contributed by atoms with Crippen LogP contribution in [-0.4, -0.2) is 26.7 Å². The Morgan fingerprint density at radius 1 is 1.03 bits per heavy atom. The quantitative estimate of drug-likeness (QED) is 0.720. The molecule has 2 aromatic carbocycles. The number of carbonyl (C=O) groups is 1. The van der Waals surface area contributed by atoms with E-state index in [1.165, 1.54) is 12.1 Å². The standard InChI is InChI=1S/C22H24ClN3O3S/c23-17-6-4-5-16(15-17)22(12-13-22)21(27)25-18-8-10-19(11-9-18)30(28,29)26-20-7-2-1-3-14-24-20/h4-6,8-11,15H,1-3,7,12-14H2,(H,24,26)(H,25,27). The van der Waals surface area contributed by atoms with Crippen LogP contribution in [-0.2, 0) is 20.2 Å². The summed E-state index contributed by atoms with van der Waals surface area (Å²) >= 11 is 6.08. The third-order valence-electron chi connectivity index (χ3n) is 5.61. The van der Waals surface area contributed by atoms with Gasteiger partial charge in [0.1, 0.15) is 5.84 Å². The Kier molecular flexibility index (Phi) is 5.84. The predicted molar refractivity (Wildman–Crippen MR) is 119 cm³/mol. The summed E-state index contributed by atoms with van der Waals surface area (Å²) in [5.74, 6) is 0.411. The molecular formula is C22H24ClN3O3S. The normalized spacial score (nSPS) is 18.1. The van der Waals surface area contributed by atoms with Crippen LogP contribution in [0.5, 0.6) is 0 Å². The number of nitrogens with zero attached hydrogens (tertiary/aromatic N) is 1. The number of anilines is 1. The van der Waals surface area contributed by atoms with Crippen molar-refractivity contribution in [3.63, 3.8) is 0 Å². The van der Waals surface area contributed by atoms with Crippen molar-refractivity contribution >= 4 is 39.1 Å². The fraction of sp³-hybridized carbons (Fsp3) is 0.364. The number of sulfonamides is 1. The van der Waals surface area contributed by atoms with Crippen LogP contribution in [0.1, 0.15) is 44.1 Å². The number of aliphatic imine (C=N–C) groups is 1. The SMILES string of the molecule is O=C(Nc1ccc(S(=O)(=O)NC2=NCCCCC2)cc1)C1(c2cccc(Cl)c2)CC1. The molecule has 1 saturated carbocycles. The van der Waals surface area contributed by atoms with Gasteiger partial charge in [0.2, 0.25) is 5.91 Å². The first kappa shape index (κ1) is 20.9. The maximum absolute atomic E-state index is 12.9. The van der Waals surface area contributed by atoms with Gasteiger partial charge in [-0.2, -0.15) is 0 Å². The Balaban J connectivity index is 1.45. The summed E-state index contributed by atoms with van der Waals surface area (Å²) in [4.78, 5) is 17.3. The molecule has 1 aliphatic carbocycles. The van der Waals surface area contributed by atoms with E-state index in [1.807, 2.05) is 18.2 Å². The lowest BCUT2D eigenvalue weighted by molar-refractivity contribution is -0.118. The number of halogens is 1. The van der Waals surface area contributed by atoms with E-state index in [0.29, 0.717) is 29.5 Å². The van der Waals surface area contributed by atoms with E-state index in [0.717, 1.165) is 37.7 Å². The van der Waals surface area contributed by atoms with E-state index < -0.39 is 15.4 Å². The highest BCUT2D eigenvalue weighted by Crippen LogP contribution is 2.49. The lowest BCUT2D eigenvalue weighted by Gasteiger charge is -2.16. The highest BCUT2D eigenvalue weighted by atomic mass is 35.5. The fourth-order valence-corrected chi connectivity index (χ4v) is 4.98. The topological polar surface area (TPSA) is 87.6 Å². The van der Waals surface area contributed by atoms with Crippen molar-refractivity contribution in [3.8, 4) is 0 Å². The summed E-state index contributed by atoms with van der Waals surface area (Å²) in [5, 5.41) is 3.51. The van der Waals surface area contributed by atoms with Crippen LogP contribution >= 0.6 is 11.6 Å². The third kappa shape index (κ3) is 4.52. The Bertz CT molecular complexity index is 1080. The molecule has 1 amide bonds. The van der Waals surface area contributed by atoms with Crippen LogP contribution in [0.4, 0.5) is 5.69 Å². The fourth-order valence-electron chi connectivity index (χ4n) is 3.70. The average Bonchev–Trinajstić information content (AvgIpc) is 3.54. The Labute approximate surface area is 181 Å². The molecule has 0 radical (unpaired) electrons. The minimum atomic E-state index is -3.69. The van der Waals surface area contributed by atoms with Gasteiger partial charge in [0.05, 0.1) is 10.3 Å². The first-order chi connectivity index (χ1) is 14.4. The van der Waals surface area contributed by atoms with E-state index in [4.69, 9.17) is 11.6 Å². The zero-order valence-corrected chi connectivity index (χ0v) is 18.1. The van der Waals surface area contributed by atoms with Crippen LogP contribution in [0.3, 0.4) is 0 Å². The summed E-state index contributed by atoms with van der Waals surface area (Å²) in [5.41, 5.74) is 0.897. The first-order valence-electron chi connectivity index (χ1n) is 10.1. The van der Waals surface area contributed by atoms with Gasteiger partial charge in [0.25, 0.3) is 10.0 Å². The summed E-state index contributed by atoms with van der Waals surface area (Å²) < 4.78 is 27.9. The summed E-state index contributed by atoms with van der Waals surface area (Å²) in [7, 11) is -3.69. The molecule has 0 bridgehead atoms. The Morgan fingerprint density at radius 2 is 1.80 bits per heavy atom. The van der Waals surface area contributed by atoms with Gasteiger partial charge >= 0.3 is 0 Å². The number of rotatable bonds is 5. The summed E-state index contributed by atoms with van der Waals surface area (Å²) in [6, 6.07) is 13.6. The van der Waals surface area contributed by atoms with Crippen LogP contribution < -0.4 is 10.0 Å². The minimum absolute atomic E-state index is 0.105. The van der Waals surface area contributed by atoms with E-state index in [2.05, 4.69) is 15.0 Å². The maximum atomic E-state index is 12.9. The molecule has 0 aromatic heterocycles. The monoisotopic (exact) mass is 445 g/mol. The number of hydrogen-bond acceptors (Lipinski definition) is 4. The lowest BCUT2D eigenvalue weighted by atomic mass is 9.95. The van der Waals surface area contributed by atoms with E-state index in [-0.39, 0.29) is 10.8 Å². The smallest absolute Gasteiger partial charge is 0.262 e. The molecule has 0 saturated heterocycles. The van der Waals surface area contributed by atoms with Gasteiger partial charge in [-0.1, -0.05) is 30.2 Å². The second-order valence-electron chi connectivity index (χ2n) is 7.82. The third-order valence-corrected chi connectivity index (χ3v) is 7.24. The molecule has 1 heterocycles. The van der Waals surface area contributed by atoms with Gasteiger partial charge in [0, 0.05) is 23.7 Å². The van der Waals surface area contributed by atoms with Crippen molar-refractivity contribution in [3.05, 3.63) is 59.1 Å². The Hall–Kier alpha value is -2.38. The number of hydrogen-bond donors (Lipinski definition) is 2. The highest BCUT2D eigenvalue weighted by Gasteiger charge is 2.51. The Morgan fingerprint density at radius 3 is 2.50 bits per heavy atom. The van der Waals surface area contributed by atoms with Crippen LogP contribution in [0.15, 0.2) is 58.4 Å². The second-order valence-corrected chi connectivity index (χ2v) is 9.93. The molecule has 4 rings (SSSR count). The number of carbonyl (C=O) groups excluding carboxylic acids is 1. The first-order valence-corrected chi connectivity index (χ1v) is 12.0. The highest BCUT2D eigenvalue weighted by molar-refractivity contribution is 7.90. The van der Waals surface area contributed by atoms with Gasteiger partial charge < -0.3 is 5.32 Å². The number of amidine groups is 1. The van der Waals surface area contributed by atoms with Crippen molar-refractivity contribution in [2.75, 3.05) is 11.9 Å². The van der Waals surface area contributed by atoms with E-state index in [9.17, 15) is 13.2 Å². The zero-order chi connectivity index (χ0) is 21.2. The number of benzene rings is 2. The van der Waals surface area contributed by atoms with Gasteiger partial charge in [-0.25, -0.2) is 8.42 Å². The maximum Gasteiger partial charge on any atom is 0.262 e. The van der Waals surface area contributed by atoms with Crippen molar-refractivity contribution in [1.29, 1.82) is 0 Å². The van der Waals surface area contributed by atoms with Gasteiger partial charge in [-0.3, -0.25) is 14.5 Å². The van der Waals surface area contributed by atoms with Crippen molar-refractivity contribution in [2.45, 2.75) is 48.8 Å². The van der Waals surface area contributed by atoms with Gasteiger partial charge in [-0.05, 0) is 67.6 Å². The van der Waals surface area contributed by atoms with Crippen molar-refractivity contribution < 1.29 is 13.2 Å². The van der Waals surface area contributed by atoms with Crippen LogP contribution in [0.2, 0.25) is 5.02 Å². The molecule has 8 heteroatoms. The molecule has 2 aromatic rings. The zero-order valence-electron chi connectivity index (χ0n) is 16.5. The predicted octanol–water partition coefficient (Wildman–Crippen LogP) is 4.26. The molecule has 1 fully saturated rings. The number of nitrogens with one attached hydrogen (secondary N) is 2. The lowest BCUT2D eigenvalue weighted by Crippen LogP contribution is -2.30. The minimum Gasteiger partial charge on any atom is -0.325 e. The molecule has 0 atom stereocenters. The molecular weight excluding hydrogens is 422 g/mol. The molecule has 0 spiro atoms. The molecule has 6 nitrogen and oxygen atoms in total. The number of amides is 1. The second kappa shape index (κ2) is 8.40. The van der Waals surface area contributed by atoms with Gasteiger partial charge in [0.15, 0.2) is 0 Å². The summed E-state index contributed by atoms with van der Waals surface area (Å²) in [6.45, 7) is 0.650. The molecule has 158 valence electrons. The molecule has 30 heavy (non-hydrogen) atoms. The van der Waals surface area contributed by atoms with Crippen LogP contribution in [0.25, 0.3) is 0 Å². The van der Waals surface area contributed by atoms with E-state index >= 15 is 0 Å². The summed E-state index contributed by atoms with van der Waals surface area (Å²) in [6.07, 6.45) is 5.13. The van der Waals surface area contributed by atoms with E-state index in [1.54, 1.807) is 18.2 Å². The largest absolute Gasteiger partial charge is 0.325 e. The van der Waals surface area contributed by atoms with Crippen molar-refractivity contribution in [1.82, 2.24) is 4.72 Å². The van der Waals surface area contributed by atoms with Crippen molar-refractivity contribution in [2.24, 2.45) is 4.99 Å². The van der Waals surface area contributed by atoms with Crippen LogP contribution in [0, 0.1) is 0 Å². The average molecular weight is 446 g/mol. The molecule has 2 aliphatic rings. The molecule has 0 unspecified atom stereocenters. The molecule has 2 N–H and O–H groups in total. The van der Waals surface area contributed by atoms with Gasteiger partial charge in [-0.15, -0.1) is 0 Å². The molecule has 1 aliphatic heterocycles.